The number of nitrogens with zero attached hydrogens (tertiary/aromatic N) is 3. The van der Waals surface area contributed by atoms with Gasteiger partial charge in [0.15, 0.2) is 5.96 Å². The number of benzene rings is 1. The van der Waals surface area contributed by atoms with Crippen LogP contribution in [-0.2, 0) is 11.3 Å². The van der Waals surface area contributed by atoms with E-state index in [-0.39, 0.29) is 11.9 Å². The van der Waals surface area contributed by atoms with Gasteiger partial charge in [0.2, 0.25) is 0 Å². The summed E-state index contributed by atoms with van der Waals surface area (Å²) in [6, 6.07) is 6.62. The van der Waals surface area contributed by atoms with E-state index in [1.807, 2.05) is 26.1 Å². The Bertz CT molecular complexity index is 736. The van der Waals surface area contributed by atoms with Crippen LogP contribution in [-0.4, -0.2) is 48.8 Å². The quantitative estimate of drug-likeness (QED) is 0.262. The smallest absolute Gasteiger partial charge is 0.194 e. The average Bonchev–Trinajstić information content (AvgIpc) is 3.16. The molecular formula is C20H29FN4OS2. The molecule has 0 bridgehead atoms. The first-order chi connectivity index (χ1) is 13.5. The number of hydrogen-bond donors (Lipinski definition) is 1. The van der Waals surface area contributed by atoms with Crippen LogP contribution in [0.4, 0.5) is 4.39 Å². The first kappa shape index (κ1) is 22.6. The van der Waals surface area contributed by atoms with Gasteiger partial charge in [-0.15, -0.1) is 23.1 Å². The fraction of sp³-hybridized carbons (Fsp3) is 0.500. The van der Waals surface area contributed by atoms with Crippen LogP contribution in [0, 0.1) is 5.82 Å². The molecule has 8 heteroatoms. The SMILES string of the molecule is CCNC(=NCCCSc1ccc(F)cc1)N(C)Cc1csc(C(C)OC)n1. The van der Waals surface area contributed by atoms with Crippen LogP contribution in [0.5, 0.6) is 0 Å². The molecule has 0 fully saturated rings. The number of halogens is 1. The maximum Gasteiger partial charge on any atom is 0.194 e. The van der Waals surface area contributed by atoms with Crippen LogP contribution in [0.1, 0.15) is 37.1 Å². The summed E-state index contributed by atoms with van der Waals surface area (Å²) in [5.74, 6) is 1.63. The summed E-state index contributed by atoms with van der Waals surface area (Å²) in [7, 11) is 3.72. The Morgan fingerprint density at radius 2 is 2.14 bits per heavy atom. The highest BCUT2D eigenvalue weighted by atomic mass is 32.2. The van der Waals surface area contributed by atoms with Gasteiger partial charge in [-0.25, -0.2) is 9.37 Å². The van der Waals surface area contributed by atoms with Gasteiger partial charge >= 0.3 is 0 Å². The monoisotopic (exact) mass is 424 g/mol. The van der Waals surface area contributed by atoms with Crippen LogP contribution in [0.3, 0.4) is 0 Å². The van der Waals surface area contributed by atoms with Crippen molar-refractivity contribution in [2.75, 3.05) is 33.0 Å². The number of guanidine groups is 1. The molecule has 0 aliphatic rings. The number of thiazole rings is 1. The largest absolute Gasteiger partial charge is 0.375 e. The first-order valence-electron chi connectivity index (χ1n) is 9.38. The summed E-state index contributed by atoms with van der Waals surface area (Å²) in [4.78, 5) is 12.5. The lowest BCUT2D eigenvalue weighted by atomic mass is 10.4. The predicted octanol–water partition coefficient (Wildman–Crippen LogP) is 4.57. The van der Waals surface area contributed by atoms with Crippen LogP contribution in [0.25, 0.3) is 0 Å². The van der Waals surface area contributed by atoms with Crippen molar-refractivity contribution in [3.8, 4) is 0 Å². The molecule has 28 heavy (non-hydrogen) atoms. The molecular weight excluding hydrogens is 395 g/mol. The molecule has 0 saturated carbocycles. The number of methoxy groups -OCH3 is 1. The highest BCUT2D eigenvalue weighted by molar-refractivity contribution is 7.99. The zero-order chi connectivity index (χ0) is 20.4. The van der Waals surface area contributed by atoms with Crippen molar-refractivity contribution < 1.29 is 9.13 Å². The lowest BCUT2D eigenvalue weighted by Crippen LogP contribution is -2.38. The molecule has 1 aromatic carbocycles. The predicted molar refractivity (Wildman–Crippen MR) is 117 cm³/mol. The molecule has 0 spiro atoms. The van der Waals surface area contributed by atoms with E-state index in [0.717, 1.165) is 46.8 Å². The van der Waals surface area contributed by atoms with Crippen molar-refractivity contribution in [2.45, 2.75) is 37.8 Å². The summed E-state index contributed by atoms with van der Waals surface area (Å²) < 4.78 is 18.3. The van der Waals surface area contributed by atoms with Crippen molar-refractivity contribution in [3.63, 3.8) is 0 Å². The summed E-state index contributed by atoms with van der Waals surface area (Å²) >= 11 is 3.35. The van der Waals surface area contributed by atoms with E-state index < -0.39 is 0 Å². The van der Waals surface area contributed by atoms with Crippen LogP contribution in [0.15, 0.2) is 39.5 Å². The van der Waals surface area contributed by atoms with Crippen molar-refractivity contribution in [3.05, 3.63) is 46.2 Å². The van der Waals surface area contributed by atoms with Gasteiger partial charge in [-0.2, -0.15) is 0 Å². The third-order valence-corrected chi connectivity index (χ3v) is 6.17. The Hall–Kier alpha value is -1.64. The van der Waals surface area contributed by atoms with Crippen molar-refractivity contribution in [1.82, 2.24) is 15.2 Å². The lowest BCUT2D eigenvalue weighted by molar-refractivity contribution is 0.119. The number of aliphatic imine (C=N–C) groups is 1. The number of aromatic nitrogens is 1. The molecule has 2 rings (SSSR count). The zero-order valence-corrected chi connectivity index (χ0v) is 18.6. The fourth-order valence-electron chi connectivity index (χ4n) is 2.44. The van der Waals surface area contributed by atoms with Gasteiger partial charge in [-0.05, 0) is 50.3 Å². The van der Waals surface area contributed by atoms with E-state index in [1.54, 1.807) is 30.2 Å². The molecule has 1 unspecified atom stereocenters. The third kappa shape index (κ3) is 7.41. The van der Waals surface area contributed by atoms with Gasteiger partial charge in [0.05, 0.1) is 12.2 Å². The Balaban J connectivity index is 1.82. The molecule has 0 saturated heterocycles. The van der Waals surface area contributed by atoms with E-state index >= 15 is 0 Å². The molecule has 1 N–H and O–H groups in total. The van der Waals surface area contributed by atoms with E-state index in [2.05, 4.69) is 27.5 Å². The molecule has 0 aliphatic heterocycles. The second-order valence-electron chi connectivity index (χ2n) is 6.30. The van der Waals surface area contributed by atoms with Gasteiger partial charge in [0, 0.05) is 37.5 Å². The summed E-state index contributed by atoms with van der Waals surface area (Å²) in [6.45, 7) is 6.32. The zero-order valence-electron chi connectivity index (χ0n) is 16.9. The van der Waals surface area contributed by atoms with E-state index in [1.165, 1.54) is 12.1 Å². The van der Waals surface area contributed by atoms with E-state index in [4.69, 9.17) is 9.73 Å². The van der Waals surface area contributed by atoms with Crippen molar-refractivity contribution >= 4 is 29.1 Å². The Kier molecular flexibility index (Phi) is 9.73. The molecule has 154 valence electrons. The Morgan fingerprint density at radius 3 is 2.82 bits per heavy atom. The molecule has 1 aromatic heterocycles. The van der Waals surface area contributed by atoms with Gasteiger partial charge < -0.3 is 15.0 Å². The number of ether oxygens (including phenoxy) is 1. The lowest BCUT2D eigenvalue weighted by Gasteiger charge is -2.21. The van der Waals surface area contributed by atoms with Gasteiger partial charge in [-0.3, -0.25) is 4.99 Å². The molecule has 0 aliphatic carbocycles. The first-order valence-corrected chi connectivity index (χ1v) is 11.2. The van der Waals surface area contributed by atoms with E-state index in [0.29, 0.717) is 6.54 Å². The fourth-order valence-corrected chi connectivity index (χ4v) is 4.12. The minimum absolute atomic E-state index is 0.0181. The summed E-state index contributed by atoms with van der Waals surface area (Å²) in [5, 5.41) is 6.40. The third-order valence-electron chi connectivity index (χ3n) is 4.01. The topological polar surface area (TPSA) is 49.8 Å². The minimum atomic E-state index is -0.198. The molecule has 5 nitrogen and oxygen atoms in total. The maximum absolute atomic E-state index is 12.9. The molecule has 2 aromatic rings. The number of nitrogens with one attached hydrogen (secondary N) is 1. The van der Waals surface area contributed by atoms with Crippen molar-refractivity contribution in [2.24, 2.45) is 4.99 Å². The number of thioether (sulfide) groups is 1. The van der Waals surface area contributed by atoms with Gasteiger partial charge in [0.1, 0.15) is 16.9 Å². The standard InChI is InChI=1S/C20H29FN4OS2/c1-5-22-20(23-11-6-12-27-18-9-7-16(21)8-10-18)25(3)13-17-14-28-19(24-17)15(2)26-4/h7-10,14-15H,5-6,11-13H2,1-4H3,(H,22,23). The number of rotatable bonds is 10. The molecule has 1 atom stereocenters. The minimum Gasteiger partial charge on any atom is -0.375 e. The Labute approximate surface area is 175 Å². The second-order valence-corrected chi connectivity index (χ2v) is 8.36. The van der Waals surface area contributed by atoms with Crippen LogP contribution < -0.4 is 5.32 Å². The average molecular weight is 425 g/mol. The number of hydrogen-bond acceptors (Lipinski definition) is 5. The van der Waals surface area contributed by atoms with Crippen molar-refractivity contribution in [1.29, 1.82) is 0 Å². The highest BCUT2D eigenvalue weighted by Crippen LogP contribution is 2.21. The summed E-state index contributed by atoms with van der Waals surface area (Å²) in [5.41, 5.74) is 1.02. The molecule has 0 amide bonds. The maximum atomic E-state index is 12.9. The van der Waals surface area contributed by atoms with Gasteiger partial charge in [0.25, 0.3) is 0 Å². The van der Waals surface area contributed by atoms with E-state index in [9.17, 15) is 4.39 Å². The highest BCUT2D eigenvalue weighted by Gasteiger charge is 2.12. The summed E-state index contributed by atoms with van der Waals surface area (Å²) in [6.07, 6.45) is 0.973. The normalized spacial score (nSPS) is 12.8. The second kappa shape index (κ2) is 12.0. The van der Waals surface area contributed by atoms with Crippen LogP contribution >= 0.6 is 23.1 Å². The van der Waals surface area contributed by atoms with Gasteiger partial charge in [-0.1, -0.05) is 0 Å². The Morgan fingerprint density at radius 1 is 1.39 bits per heavy atom. The van der Waals surface area contributed by atoms with Crippen LogP contribution in [0.2, 0.25) is 0 Å². The molecule has 1 heterocycles. The molecule has 0 radical (unpaired) electrons.